The smallest absolute Gasteiger partial charge is 0.191 e. The Labute approximate surface area is 133 Å². The van der Waals surface area contributed by atoms with Crippen molar-refractivity contribution in [1.82, 2.24) is 10.6 Å². The molecule has 4 nitrogen and oxygen atoms in total. The number of hydrogen-bond acceptors (Lipinski definition) is 2. The molecule has 0 aliphatic carbocycles. The van der Waals surface area contributed by atoms with Crippen LogP contribution in [0.1, 0.15) is 11.1 Å². The van der Waals surface area contributed by atoms with Gasteiger partial charge >= 0.3 is 0 Å². The van der Waals surface area contributed by atoms with Gasteiger partial charge in [-0.25, -0.2) is 4.39 Å². The van der Waals surface area contributed by atoms with Crippen molar-refractivity contribution in [3.63, 3.8) is 0 Å². The summed E-state index contributed by atoms with van der Waals surface area (Å²) in [5.74, 6) is -0.420. The summed E-state index contributed by atoms with van der Waals surface area (Å²) in [4.78, 5) is 4.10. The van der Waals surface area contributed by atoms with E-state index < -0.39 is 5.82 Å². The Balaban J connectivity index is 1.90. The van der Waals surface area contributed by atoms with Gasteiger partial charge in [0.1, 0.15) is 0 Å². The van der Waals surface area contributed by atoms with Gasteiger partial charge in [0.05, 0.1) is 0 Å². The lowest BCUT2D eigenvalue weighted by Crippen LogP contribution is -2.36. The Morgan fingerprint density at radius 3 is 2.59 bits per heavy atom. The first kappa shape index (κ1) is 16.1. The summed E-state index contributed by atoms with van der Waals surface area (Å²) >= 11 is 6.09. The van der Waals surface area contributed by atoms with Gasteiger partial charge in [-0.15, -0.1) is 0 Å². The highest BCUT2D eigenvalue weighted by Gasteiger charge is 2.04. The maximum atomic E-state index is 13.3. The number of rotatable bonds is 4. The van der Waals surface area contributed by atoms with Crippen LogP contribution in [-0.2, 0) is 13.1 Å². The van der Waals surface area contributed by atoms with Crippen LogP contribution in [0, 0.1) is 5.82 Å². The molecule has 0 fully saturated rings. The number of aromatic hydroxyl groups is 1. The van der Waals surface area contributed by atoms with Crippen LogP contribution in [0.5, 0.6) is 5.75 Å². The molecule has 0 heterocycles. The second kappa shape index (κ2) is 7.66. The zero-order valence-corrected chi connectivity index (χ0v) is 12.9. The minimum atomic E-state index is -0.640. The first-order valence-corrected chi connectivity index (χ1v) is 7.13. The lowest BCUT2D eigenvalue weighted by Gasteiger charge is -2.13. The van der Waals surface area contributed by atoms with Crippen molar-refractivity contribution in [3.8, 4) is 5.75 Å². The molecular formula is C16H17ClFN3O. The van der Waals surface area contributed by atoms with E-state index in [0.717, 1.165) is 5.56 Å². The van der Waals surface area contributed by atoms with Crippen molar-refractivity contribution in [2.24, 2.45) is 4.99 Å². The Kier molecular flexibility index (Phi) is 5.61. The third-order valence-electron chi connectivity index (χ3n) is 3.10. The van der Waals surface area contributed by atoms with Gasteiger partial charge in [-0.3, -0.25) is 4.99 Å². The molecule has 0 spiro atoms. The molecule has 0 saturated heterocycles. The molecule has 2 aromatic rings. The lowest BCUT2D eigenvalue weighted by molar-refractivity contribution is 0.431. The van der Waals surface area contributed by atoms with Crippen molar-refractivity contribution in [3.05, 3.63) is 64.4 Å². The molecule has 0 aromatic heterocycles. The number of benzene rings is 2. The average Bonchev–Trinajstić information content (AvgIpc) is 2.52. The molecule has 2 aromatic carbocycles. The van der Waals surface area contributed by atoms with Gasteiger partial charge in [0, 0.05) is 25.2 Å². The first-order chi connectivity index (χ1) is 10.6. The zero-order valence-electron chi connectivity index (χ0n) is 12.1. The molecule has 0 aliphatic heterocycles. The summed E-state index contributed by atoms with van der Waals surface area (Å²) in [5, 5.41) is 16.0. The van der Waals surface area contributed by atoms with Crippen LogP contribution < -0.4 is 10.6 Å². The molecule has 6 heteroatoms. The molecule has 0 aliphatic rings. The van der Waals surface area contributed by atoms with Crippen LogP contribution in [0.2, 0.25) is 5.02 Å². The monoisotopic (exact) mass is 321 g/mol. The van der Waals surface area contributed by atoms with Gasteiger partial charge in [0.25, 0.3) is 0 Å². The van der Waals surface area contributed by atoms with E-state index in [2.05, 4.69) is 15.6 Å². The van der Waals surface area contributed by atoms with E-state index >= 15 is 0 Å². The van der Waals surface area contributed by atoms with E-state index in [-0.39, 0.29) is 5.75 Å². The van der Waals surface area contributed by atoms with Gasteiger partial charge in [-0.1, -0.05) is 35.9 Å². The molecule has 3 N–H and O–H groups in total. The number of guanidine groups is 1. The van der Waals surface area contributed by atoms with Crippen LogP contribution in [0.15, 0.2) is 47.5 Å². The van der Waals surface area contributed by atoms with Crippen LogP contribution >= 0.6 is 11.6 Å². The fourth-order valence-electron chi connectivity index (χ4n) is 1.89. The number of nitrogens with one attached hydrogen (secondary N) is 2. The zero-order chi connectivity index (χ0) is 15.9. The Hall–Kier alpha value is -2.27. The van der Waals surface area contributed by atoms with Crippen LogP contribution in [-0.4, -0.2) is 18.1 Å². The van der Waals surface area contributed by atoms with Crippen molar-refractivity contribution >= 4 is 17.6 Å². The van der Waals surface area contributed by atoms with Gasteiger partial charge in [-0.2, -0.15) is 0 Å². The van der Waals surface area contributed by atoms with E-state index in [1.165, 1.54) is 12.1 Å². The van der Waals surface area contributed by atoms with Crippen LogP contribution in [0.3, 0.4) is 0 Å². The van der Waals surface area contributed by atoms with E-state index in [1.807, 2.05) is 24.3 Å². The minimum absolute atomic E-state index is 0.357. The highest BCUT2D eigenvalue weighted by molar-refractivity contribution is 6.31. The molecule has 22 heavy (non-hydrogen) atoms. The maximum absolute atomic E-state index is 13.3. The summed E-state index contributed by atoms with van der Waals surface area (Å²) in [5.41, 5.74) is 1.67. The molecule has 0 atom stereocenters. The topological polar surface area (TPSA) is 56.7 Å². The van der Waals surface area contributed by atoms with Crippen LogP contribution in [0.4, 0.5) is 4.39 Å². The summed E-state index contributed by atoms with van der Waals surface area (Å²) in [7, 11) is 1.65. The predicted molar refractivity (Wildman–Crippen MR) is 86.6 cm³/mol. The SMILES string of the molecule is CN=C(NCc1ccc(O)c(F)c1)NCc1ccccc1Cl. The Bertz CT molecular complexity index is 676. The molecule has 0 saturated carbocycles. The van der Waals surface area contributed by atoms with Gasteiger partial charge in [0.2, 0.25) is 0 Å². The Morgan fingerprint density at radius 2 is 1.91 bits per heavy atom. The summed E-state index contributed by atoms with van der Waals surface area (Å²) in [6.45, 7) is 0.919. The molecular weight excluding hydrogens is 305 g/mol. The first-order valence-electron chi connectivity index (χ1n) is 6.75. The lowest BCUT2D eigenvalue weighted by atomic mass is 10.2. The van der Waals surface area contributed by atoms with Gasteiger partial charge < -0.3 is 15.7 Å². The second-order valence-electron chi connectivity index (χ2n) is 4.66. The number of nitrogens with zero attached hydrogens (tertiary/aromatic N) is 1. The molecule has 0 unspecified atom stereocenters. The quantitative estimate of drug-likeness (QED) is 0.599. The standard InChI is InChI=1S/C16H17ClFN3O/c1-19-16(21-10-12-4-2-3-5-13(12)17)20-9-11-6-7-15(22)14(18)8-11/h2-8,22H,9-10H2,1H3,(H2,19,20,21). The Morgan fingerprint density at radius 1 is 1.18 bits per heavy atom. The minimum Gasteiger partial charge on any atom is -0.505 e. The normalized spacial score (nSPS) is 11.3. The number of aliphatic imine (C=N–C) groups is 1. The van der Waals surface area contributed by atoms with Crippen molar-refractivity contribution in [2.75, 3.05) is 7.05 Å². The highest BCUT2D eigenvalue weighted by atomic mass is 35.5. The maximum Gasteiger partial charge on any atom is 0.191 e. The summed E-state index contributed by atoms with van der Waals surface area (Å²) in [6, 6.07) is 11.8. The van der Waals surface area contributed by atoms with Gasteiger partial charge in [0.15, 0.2) is 17.5 Å². The number of phenols is 1. The number of phenolic OH excluding ortho intramolecular Hbond substituents is 1. The highest BCUT2D eigenvalue weighted by Crippen LogP contribution is 2.16. The van der Waals surface area contributed by atoms with E-state index in [1.54, 1.807) is 13.1 Å². The molecule has 0 bridgehead atoms. The second-order valence-corrected chi connectivity index (χ2v) is 5.06. The molecule has 0 amide bonds. The van der Waals surface area contributed by atoms with E-state index in [4.69, 9.17) is 16.7 Å². The average molecular weight is 322 g/mol. The summed E-state index contributed by atoms with van der Waals surface area (Å²) in [6.07, 6.45) is 0. The van der Waals surface area contributed by atoms with Crippen LogP contribution in [0.25, 0.3) is 0 Å². The third kappa shape index (κ3) is 4.36. The number of hydrogen-bond donors (Lipinski definition) is 3. The third-order valence-corrected chi connectivity index (χ3v) is 3.47. The summed E-state index contributed by atoms with van der Waals surface area (Å²) < 4.78 is 13.3. The van der Waals surface area contributed by atoms with E-state index in [0.29, 0.717) is 29.6 Å². The molecule has 0 radical (unpaired) electrons. The largest absolute Gasteiger partial charge is 0.505 e. The van der Waals surface area contributed by atoms with Crippen molar-refractivity contribution in [1.29, 1.82) is 0 Å². The van der Waals surface area contributed by atoms with Gasteiger partial charge in [-0.05, 0) is 29.3 Å². The van der Waals surface area contributed by atoms with Crippen molar-refractivity contribution in [2.45, 2.75) is 13.1 Å². The van der Waals surface area contributed by atoms with E-state index in [9.17, 15) is 4.39 Å². The van der Waals surface area contributed by atoms with Crippen molar-refractivity contribution < 1.29 is 9.50 Å². The fraction of sp³-hybridized carbons (Fsp3) is 0.188. The molecule has 116 valence electrons. The predicted octanol–water partition coefficient (Wildman–Crippen LogP) is 3.05. The molecule has 2 rings (SSSR count). The number of halogens is 2. The fourth-order valence-corrected chi connectivity index (χ4v) is 2.09.